The molecule has 0 aromatic carbocycles. The van der Waals surface area contributed by atoms with Gasteiger partial charge >= 0.3 is 0 Å². The van der Waals surface area contributed by atoms with E-state index in [1.54, 1.807) is 6.20 Å². The number of fused-ring (bicyclic) bond motifs is 1. The third-order valence-corrected chi connectivity index (χ3v) is 2.99. The van der Waals surface area contributed by atoms with Crippen molar-refractivity contribution in [2.24, 2.45) is 0 Å². The summed E-state index contributed by atoms with van der Waals surface area (Å²) in [7, 11) is 0. The predicted octanol–water partition coefficient (Wildman–Crippen LogP) is 1.76. The monoisotopic (exact) mass is 242 g/mol. The van der Waals surface area contributed by atoms with Crippen molar-refractivity contribution in [2.75, 3.05) is 6.54 Å². The molecule has 16 heavy (non-hydrogen) atoms. The standard InChI is InChI=1S/C11H12ClFN2O/c12-10(13)11(16)15-6-8-4-3-7-2-1-5-14-9(7)8/h1-2,5,8,10H,3-4,6H2,(H,15,16). The molecule has 0 fully saturated rings. The first-order valence-corrected chi connectivity index (χ1v) is 5.62. The van der Waals surface area contributed by atoms with Gasteiger partial charge in [0.2, 0.25) is 0 Å². The molecule has 0 saturated carbocycles. The van der Waals surface area contributed by atoms with Gasteiger partial charge in [0, 0.05) is 24.4 Å². The number of alkyl halides is 2. The minimum absolute atomic E-state index is 0.176. The van der Waals surface area contributed by atoms with Gasteiger partial charge in [-0.2, -0.15) is 0 Å². The number of amides is 1. The van der Waals surface area contributed by atoms with Crippen LogP contribution in [0.25, 0.3) is 0 Å². The second-order valence-electron chi connectivity index (χ2n) is 3.83. The third kappa shape index (κ3) is 2.32. The zero-order valence-corrected chi connectivity index (χ0v) is 9.38. The Morgan fingerprint density at radius 3 is 3.31 bits per heavy atom. The Bertz CT molecular complexity index is 397. The molecule has 2 rings (SSSR count). The van der Waals surface area contributed by atoms with Crippen LogP contribution in [0, 0.1) is 0 Å². The molecular formula is C11H12ClFN2O. The minimum atomic E-state index is -1.97. The second-order valence-corrected chi connectivity index (χ2v) is 4.21. The highest BCUT2D eigenvalue weighted by Gasteiger charge is 2.24. The highest BCUT2D eigenvalue weighted by Crippen LogP contribution is 2.30. The maximum atomic E-state index is 12.4. The van der Waals surface area contributed by atoms with Crippen LogP contribution in [0.5, 0.6) is 0 Å². The number of aromatic nitrogens is 1. The van der Waals surface area contributed by atoms with E-state index in [0.29, 0.717) is 6.54 Å². The van der Waals surface area contributed by atoms with E-state index in [1.807, 2.05) is 12.1 Å². The number of hydrogen-bond acceptors (Lipinski definition) is 2. The van der Waals surface area contributed by atoms with Crippen LogP contribution in [0.3, 0.4) is 0 Å². The number of pyridine rings is 1. The molecule has 1 N–H and O–H groups in total. The molecule has 0 radical (unpaired) electrons. The van der Waals surface area contributed by atoms with Crippen LogP contribution in [0.4, 0.5) is 4.39 Å². The summed E-state index contributed by atoms with van der Waals surface area (Å²) in [5.74, 6) is -0.596. The van der Waals surface area contributed by atoms with Crippen LogP contribution in [0.15, 0.2) is 18.3 Å². The number of nitrogens with one attached hydrogen (secondary N) is 1. The smallest absolute Gasteiger partial charge is 0.270 e. The molecule has 1 aromatic rings. The van der Waals surface area contributed by atoms with Gasteiger partial charge in [-0.15, -0.1) is 0 Å². The average molecular weight is 243 g/mol. The summed E-state index contributed by atoms with van der Waals surface area (Å²) in [6, 6.07) is 3.93. The van der Waals surface area contributed by atoms with E-state index < -0.39 is 11.5 Å². The Morgan fingerprint density at radius 2 is 2.56 bits per heavy atom. The van der Waals surface area contributed by atoms with Gasteiger partial charge in [-0.05, 0) is 24.5 Å². The summed E-state index contributed by atoms with van der Waals surface area (Å²) >= 11 is 5.02. The van der Waals surface area contributed by atoms with Crippen LogP contribution in [0.1, 0.15) is 23.6 Å². The molecular weight excluding hydrogens is 231 g/mol. The van der Waals surface area contributed by atoms with Crippen molar-refractivity contribution in [1.29, 1.82) is 0 Å². The predicted molar refractivity (Wildman–Crippen MR) is 59.1 cm³/mol. The van der Waals surface area contributed by atoms with Crippen LogP contribution in [-0.4, -0.2) is 23.1 Å². The van der Waals surface area contributed by atoms with Gasteiger partial charge in [-0.1, -0.05) is 17.7 Å². The summed E-state index contributed by atoms with van der Waals surface area (Å²) < 4.78 is 12.4. The van der Waals surface area contributed by atoms with Crippen molar-refractivity contribution < 1.29 is 9.18 Å². The number of carbonyl (C=O) groups is 1. The molecule has 5 heteroatoms. The largest absolute Gasteiger partial charge is 0.352 e. The van der Waals surface area contributed by atoms with E-state index in [0.717, 1.165) is 18.5 Å². The molecule has 0 saturated heterocycles. The van der Waals surface area contributed by atoms with E-state index in [1.165, 1.54) is 5.56 Å². The van der Waals surface area contributed by atoms with E-state index in [-0.39, 0.29) is 5.92 Å². The highest BCUT2D eigenvalue weighted by molar-refractivity contribution is 6.29. The Kier molecular flexibility index (Phi) is 3.39. The van der Waals surface area contributed by atoms with E-state index in [9.17, 15) is 9.18 Å². The first-order valence-electron chi connectivity index (χ1n) is 5.18. The molecule has 0 bridgehead atoms. The number of halogens is 2. The normalized spacial score (nSPS) is 20.2. The van der Waals surface area contributed by atoms with Crippen molar-refractivity contribution in [3.63, 3.8) is 0 Å². The Morgan fingerprint density at radius 1 is 1.75 bits per heavy atom. The Labute approximate surface area is 98.0 Å². The SMILES string of the molecule is O=C(NCC1CCc2cccnc21)C(F)Cl. The van der Waals surface area contributed by atoms with Gasteiger partial charge in [0.25, 0.3) is 11.5 Å². The number of carbonyl (C=O) groups excluding carboxylic acids is 1. The summed E-state index contributed by atoms with van der Waals surface area (Å²) in [4.78, 5) is 15.3. The van der Waals surface area contributed by atoms with Gasteiger partial charge in [0.1, 0.15) is 0 Å². The number of nitrogens with zero attached hydrogens (tertiary/aromatic N) is 1. The number of rotatable bonds is 3. The molecule has 1 aliphatic rings. The van der Waals surface area contributed by atoms with E-state index >= 15 is 0 Å². The second kappa shape index (κ2) is 4.78. The molecule has 3 nitrogen and oxygen atoms in total. The molecule has 1 aliphatic carbocycles. The van der Waals surface area contributed by atoms with Crippen LogP contribution in [-0.2, 0) is 11.2 Å². The molecule has 1 heterocycles. The van der Waals surface area contributed by atoms with Gasteiger partial charge < -0.3 is 5.32 Å². The van der Waals surface area contributed by atoms with Crippen molar-refractivity contribution in [2.45, 2.75) is 24.4 Å². The average Bonchev–Trinajstić information content (AvgIpc) is 2.69. The zero-order valence-electron chi connectivity index (χ0n) is 8.62. The van der Waals surface area contributed by atoms with Gasteiger partial charge in [-0.25, -0.2) is 4.39 Å². The molecule has 0 aliphatic heterocycles. The lowest BCUT2D eigenvalue weighted by Crippen LogP contribution is -2.32. The summed E-state index contributed by atoms with van der Waals surface area (Å²) in [5.41, 5.74) is 0.252. The molecule has 86 valence electrons. The number of aryl methyl sites for hydroxylation is 1. The summed E-state index contributed by atoms with van der Waals surface area (Å²) in [6.07, 6.45) is 3.63. The topological polar surface area (TPSA) is 42.0 Å². The highest BCUT2D eigenvalue weighted by atomic mass is 35.5. The number of hydrogen-bond donors (Lipinski definition) is 1. The summed E-state index contributed by atoms with van der Waals surface area (Å²) in [5, 5.41) is 2.48. The summed E-state index contributed by atoms with van der Waals surface area (Å²) in [6.45, 7) is 0.399. The molecule has 2 atom stereocenters. The molecule has 2 unspecified atom stereocenters. The Balaban J connectivity index is 1.96. The minimum Gasteiger partial charge on any atom is -0.352 e. The third-order valence-electron chi connectivity index (χ3n) is 2.80. The first kappa shape index (κ1) is 11.3. The van der Waals surface area contributed by atoms with Gasteiger partial charge in [0.05, 0.1) is 0 Å². The van der Waals surface area contributed by atoms with E-state index in [2.05, 4.69) is 10.3 Å². The molecule has 1 amide bonds. The molecule has 0 spiro atoms. The maximum absolute atomic E-state index is 12.4. The van der Waals surface area contributed by atoms with Crippen molar-refractivity contribution in [3.8, 4) is 0 Å². The van der Waals surface area contributed by atoms with Crippen LogP contribution < -0.4 is 5.32 Å². The maximum Gasteiger partial charge on any atom is 0.270 e. The fraction of sp³-hybridized carbons (Fsp3) is 0.455. The van der Waals surface area contributed by atoms with Gasteiger partial charge in [0.15, 0.2) is 0 Å². The van der Waals surface area contributed by atoms with Crippen molar-refractivity contribution in [1.82, 2.24) is 10.3 Å². The lowest BCUT2D eigenvalue weighted by Gasteiger charge is -2.11. The van der Waals surface area contributed by atoms with Crippen molar-refractivity contribution >= 4 is 17.5 Å². The van der Waals surface area contributed by atoms with Gasteiger partial charge in [-0.3, -0.25) is 9.78 Å². The molecule has 1 aromatic heterocycles. The van der Waals surface area contributed by atoms with E-state index in [4.69, 9.17) is 11.6 Å². The first-order chi connectivity index (χ1) is 7.68. The Hall–Kier alpha value is -1.16. The zero-order chi connectivity index (χ0) is 11.5. The fourth-order valence-electron chi connectivity index (χ4n) is 2.00. The van der Waals surface area contributed by atoms with Crippen LogP contribution >= 0.6 is 11.6 Å². The van der Waals surface area contributed by atoms with Crippen molar-refractivity contribution in [3.05, 3.63) is 29.6 Å². The quantitative estimate of drug-likeness (QED) is 0.821. The lowest BCUT2D eigenvalue weighted by atomic mass is 10.1. The lowest BCUT2D eigenvalue weighted by molar-refractivity contribution is -0.123. The fourth-order valence-corrected chi connectivity index (χ4v) is 2.07. The van der Waals surface area contributed by atoms with Crippen LogP contribution in [0.2, 0.25) is 0 Å².